The average Bonchev–Trinajstić information content (AvgIpc) is 3.39. The summed E-state index contributed by atoms with van der Waals surface area (Å²) in [6, 6.07) is 3.42. The maximum absolute atomic E-state index is 13.4. The minimum absolute atomic E-state index is 0.0681. The van der Waals surface area contributed by atoms with Crippen molar-refractivity contribution in [1.82, 2.24) is 29.7 Å². The Kier molecular flexibility index (Phi) is 3.64. The zero-order chi connectivity index (χ0) is 21.5. The third-order valence-corrected chi connectivity index (χ3v) is 6.56. The summed E-state index contributed by atoms with van der Waals surface area (Å²) in [6.45, 7) is 1.80. The Hall–Kier alpha value is -3.31. The molecule has 1 atom stereocenters. The molecular weight excluding hydrogens is 488 g/mol. The van der Waals surface area contributed by atoms with Gasteiger partial charge in [-0.25, -0.2) is 15.0 Å². The smallest absolute Gasteiger partial charge is 0.240 e. The van der Waals surface area contributed by atoms with Gasteiger partial charge in [0.1, 0.15) is 23.1 Å². The number of carbonyl (C=O) groups is 2. The SMILES string of the molecule is Cc1nn(-c2ncnc3nc[nH]c23)c2c1[C@]1(CC(=O)N2)C(=O)Nc2c(Br)cc(Cl)cc21. The summed E-state index contributed by atoms with van der Waals surface area (Å²) < 4.78 is 2.16. The zero-order valence-electron chi connectivity index (χ0n) is 15.8. The van der Waals surface area contributed by atoms with E-state index in [1.165, 1.54) is 17.3 Å². The van der Waals surface area contributed by atoms with Gasteiger partial charge in [-0.1, -0.05) is 11.6 Å². The molecule has 1 spiro atoms. The van der Waals surface area contributed by atoms with E-state index in [4.69, 9.17) is 11.6 Å². The number of nitrogens with zero attached hydrogens (tertiary/aromatic N) is 5. The number of hydrogen-bond donors (Lipinski definition) is 3. The van der Waals surface area contributed by atoms with Crippen molar-refractivity contribution in [3.8, 4) is 5.82 Å². The Morgan fingerprint density at radius 2 is 2.03 bits per heavy atom. The van der Waals surface area contributed by atoms with Gasteiger partial charge in [-0.2, -0.15) is 9.78 Å². The van der Waals surface area contributed by atoms with Gasteiger partial charge in [0.25, 0.3) is 0 Å². The van der Waals surface area contributed by atoms with Gasteiger partial charge >= 0.3 is 0 Å². The third kappa shape index (κ3) is 2.32. The van der Waals surface area contributed by atoms with Crippen LogP contribution in [0.4, 0.5) is 11.5 Å². The number of halogens is 2. The van der Waals surface area contributed by atoms with Crippen molar-refractivity contribution in [3.63, 3.8) is 0 Å². The van der Waals surface area contributed by atoms with Crippen molar-refractivity contribution < 1.29 is 9.59 Å². The highest BCUT2D eigenvalue weighted by atomic mass is 79.9. The highest BCUT2D eigenvalue weighted by Gasteiger charge is 2.56. The second kappa shape index (κ2) is 6.11. The Labute approximate surface area is 187 Å². The first-order chi connectivity index (χ1) is 14.9. The molecule has 2 aliphatic rings. The monoisotopic (exact) mass is 498 g/mol. The van der Waals surface area contributed by atoms with Crippen molar-refractivity contribution >= 4 is 62.0 Å². The van der Waals surface area contributed by atoms with Crippen LogP contribution in [0.2, 0.25) is 5.02 Å². The van der Waals surface area contributed by atoms with Crippen LogP contribution in [0.25, 0.3) is 17.0 Å². The molecule has 0 unspecified atom stereocenters. The predicted octanol–water partition coefficient (Wildman–Crippen LogP) is 2.84. The average molecular weight is 500 g/mol. The molecule has 0 saturated carbocycles. The summed E-state index contributed by atoms with van der Waals surface area (Å²) in [7, 11) is 0. The molecule has 6 rings (SSSR count). The van der Waals surface area contributed by atoms with Crippen LogP contribution < -0.4 is 10.6 Å². The van der Waals surface area contributed by atoms with Gasteiger partial charge < -0.3 is 15.6 Å². The Morgan fingerprint density at radius 1 is 1.19 bits per heavy atom. The number of hydrogen-bond acceptors (Lipinski definition) is 6. The fraction of sp³-hybridized carbons (Fsp3) is 0.158. The molecule has 0 fully saturated rings. The van der Waals surface area contributed by atoms with Crippen LogP contribution in [-0.2, 0) is 15.0 Å². The van der Waals surface area contributed by atoms with E-state index in [1.807, 2.05) is 0 Å². The Balaban J connectivity index is 1.68. The normalized spacial score (nSPS) is 19.5. The maximum atomic E-state index is 13.4. The van der Waals surface area contributed by atoms with Gasteiger partial charge in [0, 0.05) is 21.5 Å². The molecule has 0 aliphatic carbocycles. The standard InChI is InChI=1S/C19H12BrClN8O2/c1-7-12-16(29(28-7)17-14-15(23-5-22-14)24-6-25-17)26-11(30)4-19(12)9-2-8(21)3-10(20)13(9)27-18(19)31/h2-3,5-6H,4H2,1H3,(H,26,30)(H,27,31)(H,22,23,24,25)/t19-/m1/s1. The van der Waals surface area contributed by atoms with Crippen molar-refractivity contribution in [3.05, 3.63) is 51.1 Å². The number of aryl methyl sites for hydroxylation is 1. The summed E-state index contributed by atoms with van der Waals surface area (Å²) in [5, 5.41) is 10.9. The molecular formula is C19H12BrClN8O2. The number of aromatic amines is 1. The van der Waals surface area contributed by atoms with E-state index in [1.54, 1.807) is 19.1 Å². The Morgan fingerprint density at radius 3 is 2.87 bits per heavy atom. The third-order valence-electron chi connectivity index (χ3n) is 5.72. The fourth-order valence-electron chi connectivity index (χ4n) is 4.53. The number of fused-ring (bicyclic) bond motifs is 5. The molecule has 10 nitrogen and oxygen atoms in total. The number of aromatic nitrogens is 6. The van der Waals surface area contributed by atoms with Gasteiger partial charge in [-0.15, -0.1) is 0 Å². The summed E-state index contributed by atoms with van der Waals surface area (Å²) in [5.74, 6) is 0.166. The molecule has 0 bridgehead atoms. The van der Waals surface area contributed by atoms with Gasteiger partial charge in [-0.3, -0.25) is 9.59 Å². The van der Waals surface area contributed by atoms with Gasteiger partial charge in [0.15, 0.2) is 11.5 Å². The number of benzene rings is 1. The minimum Gasteiger partial charge on any atom is -0.340 e. The molecule has 154 valence electrons. The van der Waals surface area contributed by atoms with E-state index in [0.717, 1.165) is 0 Å². The van der Waals surface area contributed by atoms with Crippen LogP contribution in [0.1, 0.15) is 23.2 Å². The second-order valence-electron chi connectivity index (χ2n) is 7.41. The first-order valence-corrected chi connectivity index (χ1v) is 10.4. The van der Waals surface area contributed by atoms with Crippen LogP contribution >= 0.6 is 27.5 Å². The topological polar surface area (TPSA) is 130 Å². The maximum Gasteiger partial charge on any atom is 0.240 e. The van der Waals surface area contributed by atoms with E-state index in [0.29, 0.717) is 54.8 Å². The van der Waals surface area contributed by atoms with Crippen molar-refractivity contribution in [2.45, 2.75) is 18.8 Å². The first kappa shape index (κ1) is 18.5. The Bertz CT molecular complexity index is 1460. The number of anilines is 2. The lowest BCUT2D eigenvalue weighted by atomic mass is 9.71. The van der Waals surface area contributed by atoms with Crippen LogP contribution in [0.15, 0.2) is 29.3 Å². The number of imidazole rings is 1. The molecule has 0 radical (unpaired) electrons. The molecule has 12 heteroatoms. The number of rotatable bonds is 1. The lowest BCUT2D eigenvalue weighted by Crippen LogP contribution is -2.43. The van der Waals surface area contributed by atoms with Crippen LogP contribution in [-0.4, -0.2) is 41.5 Å². The lowest BCUT2D eigenvalue weighted by Gasteiger charge is -2.32. The molecule has 3 aromatic heterocycles. The van der Waals surface area contributed by atoms with E-state index in [2.05, 4.69) is 51.6 Å². The zero-order valence-corrected chi connectivity index (χ0v) is 18.2. The summed E-state index contributed by atoms with van der Waals surface area (Å²) >= 11 is 9.78. The molecule has 1 aromatic carbocycles. The fourth-order valence-corrected chi connectivity index (χ4v) is 5.44. The van der Waals surface area contributed by atoms with Gasteiger partial charge in [0.05, 0.1) is 17.7 Å². The van der Waals surface area contributed by atoms with Crippen LogP contribution in [0, 0.1) is 6.92 Å². The van der Waals surface area contributed by atoms with Gasteiger partial charge in [0.2, 0.25) is 11.8 Å². The van der Waals surface area contributed by atoms with E-state index >= 15 is 0 Å². The number of H-pyrrole nitrogens is 1. The van der Waals surface area contributed by atoms with Gasteiger partial charge in [-0.05, 0) is 40.5 Å². The highest BCUT2D eigenvalue weighted by Crippen LogP contribution is 2.53. The number of amides is 2. The molecule has 2 amide bonds. The first-order valence-electron chi connectivity index (χ1n) is 9.25. The van der Waals surface area contributed by atoms with Crippen molar-refractivity contribution in [2.75, 3.05) is 10.6 Å². The minimum atomic E-state index is -1.26. The molecule has 0 saturated heterocycles. The lowest BCUT2D eigenvalue weighted by molar-refractivity contribution is -0.125. The number of nitrogens with one attached hydrogen (secondary N) is 3. The summed E-state index contributed by atoms with van der Waals surface area (Å²) in [5.41, 5.74) is 2.17. The van der Waals surface area contributed by atoms with Crippen LogP contribution in [0.5, 0.6) is 0 Å². The molecule has 3 N–H and O–H groups in total. The van der Waals surface area contributed by atoms with E-state index in [9.17, 15) is 9.59 Å². The molecule has 2 aliphatic heterocycles. The second-order valence-corrected chi connectivity index (χ2v) is 8.70. The number of carbonyl (C=O) groups excluding carboxylic acids is 2. The predicted molar refractivity (Wildman–Crippen MR) is 115 cm³/mol. The quantitative estimate of drug-likeness (QED) is 0.369. The molecule has 5 heterocycles. The highest BCUT2D eigenvalue weighted by molar-refractivity contribution is 9.10. The van der Waals surface area contributed by atoms with Crippen LogP contribution in [0.3, 0.4) is 0 Å². The summed E-state index contributed by atoms with van der Waals surface area (Å²) in [6.07, 6.45) is 2.81. The molecule has 31 heavy (non-hydrogen) atoms. The van der Waals surface area contributed by atoms with Crippen molar-refractivity contribution in [1.29, 1.82) is 0 Å². The van der Waals surface area contributed by atoms with E-state index < -0.39 is 5.41 Å². The largest absolute Gasteiger partial charge is 0.340 e. The molecule has 4 aromatic rings. The summed E-state index contributed by atoms with van der Waals surface area (Å²) in [4.78, 5) is 41.9. The van der Waals surface area contributed by atoms with Crippen molar-refractivity contribution in [2.24, 2.45) is 0 Å². The van der Waals surface area contributed by atoms with E-state index in [-0.39, 0.29) is 18.2 Å².